The highest BCUT2D eigenvalue weighted by atomic mass is 16.6. The van der Waals surface area contributed by atoms with Crippen LogP contribution in [0.5, 0.6) is 0 Å². The zero-order chi connectivity index (χ0) is 38.3. The van der Waals surface area contributed by atoms with Gasteiger partial charge in [0, 0.05) is 19.3 Å². The molecule has 0 aromatic rings. The van der Waals surface area contributed by atoms with Crippen molar-refractivity contribution in [3.63, 3.8) is 0 Å². The topological polar surface area (TPSA) is 78.9 Å². The number of carbonyl (C=O) groups excluding carboxylic acids is 3. The van der Waals surface area contributed by atoms with Gasteiger partial charge in [-0.2, -0.15) is 0 Å². The summed E-state index contributed by atoms with van der Waals surface area (Å²) in [4.78, 5) is 37.4. The van der Waals surface area contributed by atoms with E-state index in [1.54, 1.807) is 0 Å². The Hall–Kier alpha value is -1.59. The first-order chi connectivity index (χ1) is 25.2. The van der Waals surface area contributed by atoms with E-state index in [1.807, 2.05) is 0 Å². The average molecular weight is 737 g/mol. The molecule has 0 rings (SSSR count). The van der Waals surface area contributed by atoms with Crippen LogP contribution in [0.4, 0.5) is 0 Å². The van der Waals surface area contributed by atoms with Crippen molar-refractivity contribution in [3.8, 4) is 0 Å². The van der Waals surface area contributed by atoms with E-state index in [0.717, 1.165) is 76.0 Å². The summed E-state index contributed by atoms with van der Waals surface area (Å²) in [6.07, 6.45) is 36.9. The molecule has 0 aliphatic heterocycles. The summed E-state index contributed by atoms with van der Waals surface area (Å²) in [5.74, 6) is 0.779. The number of ether oxygens (including phenoxy) is 3. The Balaban J connectivity index is 4.15. The second kappa shape index (κ2) is 39.1. The molecule has 0 aromatic heterocycles. The minimum atomic E-state index is -0.758. The molecule has 0 N–H and O–H groups in total. The molecule has 0 saturated heterocycles. The predicted molar refractivity (Wildman–Crippen MR) is 220 cm³/mol. The second-order valence-electron chi connectivity index (χ2n) is 16.6. The van der Waals surface area contributed by atoms with Gasteiger partial charge in [0.25, 0.3) is 0 Å². The van der Waals surface area contributed by atoms with Crippen molar-refractivity contribution in [1.29, 1.82) is 0 Å². The van der Waals surface area contributed by atoms with Crippen LogP contribution in [0.1, 0.15) is 247 Å². The molecule has 0 aromatic carbocycles. The number of hydrogen-bond acceptors (Lipinski definition) is 6. The third-order valence-electron chi connectivity index (χ3n) is 10.2. The highest BCUT2D eigenvalue weighted by Crippen LogP contribution is 2.16. The SMILES string of the molecule is CCCCCCCC(=O)OC[C@H](COC(=O)CCCCCCCCCCCCCCCCC(C)C)OC(=O)CCCCCCCCCCCC(C)C. The lowest BCUT2D eigenvalue weighted by Crippen LogP contribution is -2.30. The fourth-order valence-electron chi connectivity index (χ4n) is 6.75. The second-order valence-corrected chi connectivity index (χ2v) is 16.6. The molecule has 0 saturated carbocycles. The van der Waals surface area contributed by atoms with Crippen molar-refractivity contribution in [3.05, 3.63) is 0 Å². The Morgan fingerprint density at radius 1 is 0.365 bits per heavy atom. The van der Waals surface area contributed by atoms with Crippen LogP contribution in [0, 0.1) is 11.8 Å². The normalized spacial score (nSPS) is 12.1. The van der Waals surface area contributed by atoms with Crippen LogP contribution in [-0.2, 0) is 28.6 Å². The van der Waals surface area contributed by atoms with Gasteiger partial charge in [-0.1, -0.05) is 208 Å². The number of carbonyl (C=O) groups is 3. The van der Waals surface area contributed by atoms with Gasteiger partial charge in [-0.15, -0.1) is 0 Å². The van der Waals surface area contributed by atoms with Crippen molar-refractivity contribution in [2.45, 2.75) is 253 Å². The van der Waals surface area contributed by atoms with Gasteiger partial charge in [0.2, 0.25) is 0 Å². The molecule has 52 heavy (non-hydrogen) atoms. The monoisotopic (exact) mass is 737 g/mol. The van der Waals surface area contributed by atoms with Crippen LogP contribution in [-0.4, -0.2) is 37.2 Å². The standard InChI is InChI=1S/C46H88O6/c1-6-7-8-24-31-36-44(47)50-39-43(52-46(49)38-33-28-23-19-15-17-21-26-30-35-42(4)5)40-51-45(48)37-32-27-22-18-14-12-10-9-11-13-16-20-25-29-34-41(2)3/h41-43H,6-40H2,1-5H3/t43-/m1/s1. The molecule has 6 nitrogen and oxygen atoms in total. The quantitative estimate of drug-likeness (QED) is 0.0354. The molecule has 0 fully saturated rings. The van der Waals surface area contributed by atoms with E-state index in [0.29, 0.717) is 19.3 Å². The summed E-state index contributed by atoms with van der Waals surface area (Å²) in [6.45, 7) is 11.3. The van der Waals surface area contributed by atoms with E-state index in [1.165, 1.54) is 128 Å². The maximum Gasteiger partial charge on any atom is 0.306 e. The Kier molecular flexibility index (Phi) is 37.9. The van der Waals surface area contributed by atoms with Gasteiger partial charge >= 0.3 is 17.9 Å². The van der Waals surface area contributed by atoms with Crippen molar-refractivity contribution in [2.24, 2.45) is 11.8 Å². The third kappa shape index (κ3) is 39.6. The molecule has 0 aliphatic carbocycles. The van der Waals surface area contributed by atoms with Gasteiger partial charge in [0.15, 0.2) is 6.10 Å². The summed E-state index contributed by atoms with van der Waals surface area (Å²) < 4.78 is 16.6. The number of hydrogen-bond donors (Lipinski definition) is 0. The number of rotatable bonds is 40. The Labute approximate surface area is 323 Å². The van der Waals surface area contributed by atoms with Crippen LogP contribution < -0.4 is 0 Å². The third-order valence-corrected chi connectivity index (χ3v) is 10.2. The van der Waals surface area contributed by atoms with E-state index in [-0.39, 0.29) is 31.1 Å². The van der Waals surface area contributed by atoms with Gasteiger partial charge in [-0.25, -0.2) is 0 Å². The van der Waals surface area contributed by atoms with Gasteiger partial charge in [0.1, 0.15) is 13.2 Å². The van der Waals surface area contributed by atoms with E-state index < -0.39 is 6.10 Å². The molecular formula is C46H88O6. The van der Waals surface area contributed by atoms with Crippen LogP contribution in [0.15, 0.2) is 0 Å². The lowest BCUT2D eigenvalue weighted by Gasteiger charge is -2.18. The Morgan fingerprint density at radius 2 is 0.635 bits per heavy atom. The van der Waals surface area contributed by atoms with Crippen LogP contribution in [0.3, 0.4) is 0 Å². The van der Waals surface area contributed by atoms with E-state index >= 15 is 0 Å². The highest BCUT2D eigenvalue weighted by Gasteiger charge is 2.19. The molecule has 0 amide bonds. The first kappa shape index (κ1) is 50.4. The Bertz CT molecular complexity index is 794. The zero-order valence-electron chi connectivity index (χ0n) is 35.4. The molecule has 308 valence electrons. The van der Waals surface area contributed by atoms with Gasteiger partial charge in [-0.3, -0.25) is 14.4 Å². The minimum absolute atomic E-state index is 0.0658. The molecule has 0 heterocycles. The predicted octanol–water partition coefficient (Wildman–Crippen LogP) is 14.2. The zero-order valence-corrected chi connectivity index (χ0v) is 35.4. The number of esters is 3. The maximum absolute atomic E-state index is 12.6. The summed E-state index contributed by atoms with van der Waals surface area (Å²) in [7, 11) is 0. The fraction of sp³-hybridized carbons (Fsp3) is 0.935. The summed E-state index contributed by atoms with van der Waals surface area (Å²) in [5, 5.41) is 0. The summed E-state index contributed by atoms with van der Waals surface area (Å²) in [5.41, 5.74) is 0. The lowest BCUT2D eigenvalue weighted by atomic mass is 10.0. The first-order valence-electron chi connectivity index (χ1n) is 22.7. The minimum Gasteiger partial charge on any atom is -0.462 e. The van der Waals surface area contributed by atoms with E-state index in [2.05, 4.69) is 34.6 Å². The van der Waals surface area contributed by atoms with Crippen molar-refractivity contribution in [1.82, 2.24) is 0 Å². The van der Waals surface area contributed by atoms with E-state index in [9.17, 15) is 14.4 Å². The fourth-order valence-corrected chi connectivity index (χ4v) is 6.75. The van der Waals surface area contributed by atoms with Crippen molar-refractivity contribution < 1.29 is 28.6 Å². The average Bonchev–Trinajstić information content (AvgIpc) is 3.11. The van der Waals surface area contributed by atoms with Crippen LogP contribution >= 0.6 is 0 Å². The Morgan fingerprint density at radius 3 is 0.942 bits per heavy atom. The van der Waals surface area contributed by atoms with Crippen LogP contribution in [0.2, 0.25) is 0 Å². The number of unbranched alkanes of at least 4 members (excludes halogenated alkanes) is 25. The molecule has 6 heteroatoms. The largest absolute Gasteiger partial charge is 0.462 e. The lowest BCUT2D eigenvalue weighted by molar-refractivity contribution is -0.167. The summed E-state index contributed by atoms with van der Waals surface area (Å²) >= 11 is 0. The van der Waals surface area contributed by atoms with E-state index in [4.69, 9.17) is 14.2 Å². The van der Waals surface area contributed by atoms with Crippen molar-refractivity contribution in [2.75, 3.05) is 13.2 Å². The molecule has 0 bridgehead atoms. The molecule has 0 spiro atoms. The van der Waals surface area contributed by atoms with Gasteiger partial charge < -0.3 is 14.2 Å². The molecule has 1 atom stereocenters. The van der Waals surface area contributed by atoms with Gasteiger partial charge in [0.05, 0.1) is 0 Å². The first-order valence-corrected chi connectivity index (χ1v) is 22.7. The smallest absolute Gasteiger partial charge is 0.306 e. The molecule has 0 aliphatic rings. The van der Waals surface area contributed by atoms with Crippen LogP contribution in [0.25, 0.3) is 0 Å². The highest BCUT2D eigenvalue weighted by molar-refractivity contribution is 5.71. The summed E-state index contributed by atoms with van der Waals surface area (Å²) in [6, 6.07) is 0. The molecule has 0 radical (unpaired) electrons. The molecular weight excluding hydrogens is 649 g/mol. The van der Waals surface area contributed by atoms with Crippen molar-refractivity contribution >= 4 is 17.9 Å². The molecule has 0 unspecified atom stereocenters. The maximum atomic E-state index is 12.6. The van der Waals surface area contributed by atoms with Gasteiger partial charge in [-0.05, 0) is 31.1 Å².